The van der Waals surface area contributed by atoms with Gasteiger partial charge in [-0.2, -0.15) is 0 Å². The van der Waals surface area contributed by atoms with Crippen molar-refractivity contribution in [3.8, 4) is 11.5 Å². The van der Waals surface area contributed by atoms with Crippen LogP contribution >= 0.6 is 0 Å². The third-order valence-corrected chi connectivity index (χ3v) is 3.23. The molecular formula is C11H15NO6S. The summed E-state index contributed by atoms with van der Waals surface area (Å²) < 4.78 is 37.7. The molecule has 2 N–H and O–H groups in total. The molecule has 8 heteroatoms. The second-order valence-corrected chi connectivity index (χ2v) is 4.97. The Morgan fingerprint density at radius 3 is 2.32 bits per heavy atom. The number of nitrogens with two attached hydrogens (primary N) is 1. The zero-order chi connectivity index (χ0) is 14.6. The Labute approximate surface area is 111 Å². The molecule has 106 valence electrons. The van der Waals surface area contributed by atoms with Gasteiger partial charge in [-0.05, 0) is 19.1 Å². The normalized spacial score (nSPS) is 10.9. The van der Waals surface area contributed by atoms with E-state index >= 15 is 0 Å². The predicted molar refractivity (Wildman–Crippen MR) is 66.9 cm³/mol. The van der Waals surface area contributed by atoms with Crippen molar-refractivity contribution in [3.63, 3.8) is 0 Å². The van der Waals surface area contributed by atoms with Crippen LogP contribution in [0.2, 0.25) is 0 Å². The van der Waals surface area contributed by atoms with Crippen LogP contribution in [0.25, 0.3) is 0 Å². The standard InChI is InChI=1S/C11H15NO6S/c1-4-18-11(13)9-7(16-2)5-6-8(10(9)17-3)19(12,14)15/h5-6H,4H2,1-3H3,(H2,12,14,15). The number of methoxy groups -OCH3 is 2. The molecule has 0 aliphatic rings. The molecule has 0 saturated carbocycles. The van der Waals surface area contributed by atoms with Crippen LogP contribution in [0, 0.1) is 0 Å². The molecule has 0 amide bonds. The molecule has 0 saturated heterocycles. The van der Waals surface area contributed by atoms with Crippen LogP contribution in [0.3, 0.4) is 0 Å². The fourth-order valence-corrected chi connectivity index (χ4v) is 2.24. The van der Waals surface area contributed by atoms with E-state index in [9.17, 15) is 13.2 Å². The van der Waals surface area contributed by atoms with Gasteiger partial charge in [0.1, 0.15) is 16.2 Å². The highest BCUT2D eigenvalue weighted by atomic mass is 32.2. The van der Waals surface area contributed by atoms with E-state index in [-0.39, 0.29) is 28.6 Å². The number of rotatable bonds is 5. The molecule has 0 aliphatic carbocycles. The number of sulfonamides is 1. The van der Waals surface area contributed by atoms with Gasteiger partial charge in [0.05, 0.1) is 20.8 Å². The van der Waals surface area contributed by atoms with Crippen molar-refractivity contribution >= 4 is 16.0 Å². The second kappa shape index (κ2) is 5.89. The Morgan fingerprint density at radius 1 is 1.26 bits per heavy atom. The number of carbonyl (C=O) groups excluding carboxylic acids is 1. The number of primary sulfonamides is 1. The minimum atomic E-state index is -4.03. The highest BCUT2D eigenvalue weighted by molar-refractivity contribution is 7.89. The maximum absolute atomic E-state index is 11.9. The molecule has 1 aromatic carbocycles. The van der Waals surface area contributed by atoms with Crippen LogP contribution in [0.15, 0.2) is 17.0 Å². The van der Waals surface area contributed by atoms with Gasteiger partial charge in [0.25, 0.3) is 0 Å². The lowest BCUT2D eigenvalue weighted by Gasteiger charge is -2.14. The zero-order valence-corrected chi connectivity index (χ0v) is 11.6. The number of esters is 1. The molecule has 1 aromatic rings. The van der Waals surface area contributed by atoms with E-state index in [2.05, 4.69) is 0 Å². The Hall–Kier alpha value is -1.80. The number of hydrogen-bond donors (Lipinski definition) is 1. The Kier molecular flexibility index (Phi) is 4.73. The first-order valence-electron chi connectivity index (χ1n) is 5.31. The molecule has 0 heterocycles. The Balaban J connectivity index is 3.60. The van der Waals surface area contributed by atoms with Crippen molar-refractivity contribution in [2.45, 2.75) is 11.8 Å². The van der Waals surface area contributed by atoms with Gasteiger partial charge in [-0.1, -0.05) is 0 Å². The summed E-state index contributed by atoms with van der Waals surface area (Å²) in [6.07, 6.45) is 0. The summed E-state index contributed by atoms with van der Waals surface area (Å²) in [5, 5.41) is 5.07. The monoisotopic (exact) mass is 289 g/mol. The molecular weight excluding hydrogens is 274 g/mol. The van der Waals surface area contributed by atoms with Crippen molar-refractivity contribution in [2.24, 2.45) is 5.14 Å². The molecule has 19 heavy (non-hydrogen) atoms. The lowest BCUT2D eigenvalue weighted by molar-refractivity contribution is 0.0518. The third-order valence-electron chi connectivity index (χ3n) is 2.29. The molecule has 0 fully saturated rings. The fourth-order valence-electron chi connectivity index (χ4n) is 1.54. The second-order valence-electron chi connectivity index (χ2n) is 3.44. The predicted octanol–water partition coefficient (Wildman–Crippen LogP) is 0.528. The highest BCUT2D eigenvalue weighted by Gasteiger charge is 2.26. The summed E-state index contributed by atoms with van der Waals surface area (Å²) in [4.78, 5) is 11.6. The topological polar surface area (TPSA) is 105 Å². The van der Waals surface area contributed by atoms with Crippen molar-refractivity contribution in [1.82, 2.24) is 0 Å². The van der Waals surface area contributed by atoms with Gasteiger partial charge in [-0.25, -0.2) is 18.4 Å². The van der Waals surface area contributed by atoms with Gasteiger partial charge in [0.15, 0.2) is 5.75 Å². The van der Waals surface area contributed by atoms with Crippen LogP contribution in [0.1, 0.15) is 17.3 Å². The first-order chi connectivity index (χ1) is 8.86. The highest BCUT2D eigenvalue weighted by Crippen LogP contribution is 2.34. The van der Waals surface area contributed by atoms with Gasteiger partial charge in [0.2, 0.25) is 10.0 Å². The van der Waals surface area contributed by atoms with E-state index in [1.807, 2.05) is 0 Å². The molecule has 0 aromatic heterocycles. The quantitative estimate of drug-likeness (QED) is 0.793. The van der Waals surface area contributed by atoms with Gasteiger partial charge >= 0.3 is 5.97 Å². The number of ether oxygens (including phenoxy) is 3. The number of benzene rings is 1. The molecule has 0 unspecified atom stereocenters. The minimum Gasteiger partial charge on any atom is -0.496 e. The number of hydrogen-bond acceptors (Lipinski definition) is 6. The van der Waals surface area contributed by atoms with Gasteiger partial charge in [-0.3, -0.25) is 0 Å². The van der Waals surface area contributed by atoms with Crippen molar-refractivity contribution < 1.29 is 27.4 Å². The van der Waals surface area contributed by atoms with Crippen molar-refractivity contribution in [2.75, 3.05) is 20.8 Å². The minimum absolute atomic E-state index is 0.113. The SMILES string of the molecule is CCOC(=O)c1c(OC)ccc(S(N)(=O)=O)c1OC. The van der Waals surface area contributed by atoms with E-state index in [1.54, 1.807) is 6.92 Å². The summed E-state index contributed by atoms with van der Waals surface area (Å²) in [7, 11) is -1.46. The Bertz CT molecular complexity index is 581. The number of carbonyl (C=O) groups is 1. The molecule has 7 nitrogen and oxygen atoms in total. The lowest BCUT2D eigenvalue weighted by Crippen LogP contribution is -2.17. The summed E-state index contributed by atoms with van der Waals surface area (Å²) in [5.74, 6) is -0.801. The van der Waals surface area contributed by atoms with E-state index in [0.717, 1.165) is 0 Å². The first kappa shape index (κ1) is 15.3. The average molecular weight is 289 g/mol. The molecule has 0 spiro atoms. The smallest absolute Gasteiger partial charge is 0.345 e. The molecule has 0 bridgehead atoms. The largest absolute Gasteiger partial charge is 0.496 e. The van der Waals surface area contributed by atoms with E-state index in [4.69, 9.17) is 19.3 Å². The van der Waals surface area contributed by atoms with Crippen LogP contribution in [0.4, 0.5) is 0 Å². The maximum atomic E-state index is 11.9. The molecule has 0 radical (unpaired) electrons. The Morgan fingerprint density at radius 2 is 1.89 bits per heavy atom. The zero-order valence-electron chi connectivity index (χ0n) is 10.8. The van der Waals surface area contributed by atoms with E-state index in [1.165, 1.54) is 26.4 Å². The summed E-state index contributed by atoms with van der Waals surface area (Å²) >= 11 is 0. The van der Waals surface area contributed by atoms with E-state index in [0.29, 0.717) is 0 Å². The first-order valence-corrected chi connectivity index (χ1v) is 6.86. The van der Waals surface area contributed by atoms with Crippen molar-refractivity contribution in [1.29, 1.82) is 0 Å². The lowest BCUT2D eigenvalue weighted by atomic mass is 10.1. The third kappa shape index (κ3) is 3.15. The van der Waals surface area contributed by atoms with Crippen LogP contribution < -0.4 is 14.6 Å². The summed E-state index contributed by atoms with van der Waals surface area (Å²) in [6, 6.07) is 2.52. The van der Waals surface area contributed by atoms with Gasteiger partial charge in [-0.15, -0.1) is 0 Å². The van der Waals surface area contributed by atoms with Crippen LogP contribution in [0.5, 0.6) is 11.5 Å². The summed E-state index contributed by atoms with van der Waals surface area (Å²) in [6.45, 7) is 1.76. The van der Waals surface area contributed by atoms with Crippen LogP contribution in [-0.2, 0) is 14.8 Å². The summed E-state index contributed by atoms with van der Waals surface area (Å²) in [5.41, 5.74) is -0.113. The van der Waals surface area contributed by atoms with Crippen LogP contribution in [-0.4, -0.2) is 35.2 Å². The fraction of sp³-hybridized carbons (Fsp3) is 0.364. The molecule has 0 atom stereocenters. The molecule has 1 rings (SSSR count). The van der Waals surface area contributed by atoms with Gasteiger partial charge < -0.3 is 14.2 Å². The average Bonchev–Trinajstić information content (AvgIpc) is 2.35. The maximum Gasteiger partial charge on any atom is 0.345 e. The molecule has 0 aliphatic heterocycles. The van der Waals surface area contributed by atoms with Gasteiger partial charge in [0, 0.05) is 0 Å². The van der Waals surface area contributed by atoms with Crippen molar-refractivity contribution in [3.05, 3.63) is 17.7 Å². The van der Waals surface area contributed by atoms with E-state index < -0.39 is 16.0 Å².